The van der Waals surface area contributed by atoms with Crippen LogP contribution in [0.15, 0.2) is 4.99 Å². The SMILES string of the molecule is COC1CCC2C(C1)C(C1CCC(Cl)CC1)=N[C@@H](CC(=O)NCCNC(=O)CCC1CCC(O)C(O)C1)C1NNC(C)N21. The number of aliphatic hydroxyl groups is 2. The summed E-state index contributed by atoms with van der Waals surface area (Å²) in [5.74, 6) is 0.824. The monoisotopic (exact) mass is 624 g/mol. The summed E-state index contributed by atoms with van der Waals surface area (Å²) in [6.07, 6.45) is 9.37. The van der Waals surface area contributed by atoms with Crippen molar-refractivity contribution in [3.05, 3.63) is 0 Å². The third kappa shape index (κ3) is 8.28. The van der Waals surface area contributed by atoms with Gasteiger partial charge in [-0.1, -0.05) is 0 Å². The minimum atomic E-state index is -0.691. The number of nitrogens with one attached hydrogen (secondary N) is 4. The molecule has 9 atom stereocenters. The van der Waals surface area contributed by atoms with Gasteiger partial charge in [-0.2, -0.15) is 0 Å². The van der Waals surface area contributed by atoms with Gasteiger partial charge in [-0.25, -0.2) is 10.9 Å². The fourth-order valence-corrected chi connectivity index (χ4v) is 8.48. The zero-order valence-electron chi connectivity index (χ0n) is 25.8. The topological polar surface area (TPSA) is 148 Å². The van der Waals surface area contributed by atoms with Crippen molar-refractivity contribution in [2.45, 2.75) is 138 Å². The third-order valence-electron chi connectivity index (χ3n) is 10.7. The molecule has 5 aliphatic rings. The van der Waals surface area contributed by atoms with Gasteiger partial charge in [0.15, 0.2) is 0 Å². The molecule has 244 valence electrons. The Hall–Kier alpha value is -1.34. The number of carbonyl (C=O) groups is 2. The summed E-state index contributed by atoms with van der Waals surface area (Å²) in [4.78, 5) is 33.6. The Bertz CT molecular complexity index is 980. The maximum Gasteiger partial charge on any atom is 0.222 e. The van der Waals surface area contributed by atoms with Crippen LogP contribution >= 0.6 is 11.6 Å². The van der Waals surface area contributed by atoms with Crippen LogP contribution in [0.1, 0.15) is 90.4 Å². The van der Waals surface area contributed by atoms with Crippen LogP contribution in [0.2, 0.25) is 0 Å². The predicted octanol–water partition coefficient (Wildman–Crippen LogP) is 1.80. The van der Waals surface area contributed by atoms with Crippen LogP contribution in [0.3, 0.4) is 0 Å². The summed E-state index contributed by atoms with van der Waals surface area (Å²) in [6, 6.07) is 0.110. The molecule has 5 rings (SSSR count). The normalized spacial score (nSPS) is 40.1. The highest BCUT2D eigenvalue weighted by molar-refractivity contribution is 6.20. The number of hydrazine groups is 1. The number of amides is 2. The van der Waals surface area contributed by atoms with Gasteiger partial charge in [0.1, 0.15) is 0 Å². The van der Waals surface area contributed by atoms with Gasteiger partial charge in [-0.05, 0) is 89.4 Å². The van der Waals surface area contributed by atoms with E-state index in [2.05, 4.69) is 33.3 Å². The molecule has 8 unspecified atom stereocenters. The number of ether oxygens (including phenoxy) is 1. The number of hydrogen-bond acceptors (Lipinski definition) is 9. The number of hydrogen-bond donors (Lipinski definition) is 6. The van der Waals surface area contributed by atoms with Gasteiger partial charge in [-0.15, -0.1) is 11.6 Å². The quantitative estimate of drug-likeness (QED) is 0.159. The Morgan fingerprint density at radius 3 is 2.44 bits per heavy atom. The highest BCUT2D eigenvalue weighted by atomic mass is 35.5. The van der Waals surface area contributed by atoms with E-state index < -0.39 is 12.2 Å². The number of aliphatic imine (C=N–C) groups is 1. The van der Waals surface area contributed by atoms with Crippen LogP contribution in [0.4, 0.5) is 0 Å². The number of methoxy groups -OCH3 is 1. The van der Waals surface area contributed by atoms with Gasteiger partial charge in [0.2, 0.25) is 11.8 Å². The molecule has 2 amide bonds. The van der Waals surface area contributed by atoms with E-state index in [9.17, 15) is 19.8 Å². The van der Waals surface area contributed by atoms with Crippen LogP contribution in [0.5, 0.6) is 0 Å². The Morgan fingerprint density at radius 2 is 1.72 bits per heavy atom. The first-order chi connectivity index (χ1) is 20.7. The van der Waals surface area contributed by atoms with Crippen molar-refractivity contribution in [2.24, 2.45) is 22.7 Å². The Morgan fingerprint density at radius 1 is 0.977 bits per heavy atom. The molecular weight excluding hydrogens is 572 g/mol. The molecule has 6 N–H and O–H groups in total. The zero-order valence-corrected chi connectivity index (χ0v) is 26.6. The van der Waals surface area contributed by atoms with Gasteiger partial charge in [-0.3, -0.25) is 19.5 Å². The smallest absolute Gasteiger partial charge is 0.222 e. The van der Waals surface area contributed by atoms with Crippen molar-refractivity contribution in [3.8, 4) is 0 Å². The van der Waals surface area contributed by atoms with E-state index in [4.69, 9.17) is 21.3 Å². The molecule has 1 saturated heterocycles. The number of fused-ring (bicyclic) bond motifs is 3. The minimum absolute atomic E-state index is 0.0534. The highest BCUT2D eigenvalue weighted by Gasteiger charge is 2.50. The van der Waals surface area contributed by atoms with Crippen LogP contribution in [0.25, 0.3) is 0 Å². The van der Waals surface area contributed by atoms with Crippen LogP contribution in [-0.2, 0) is 14.3 Å². The van der Waals surface area contributed by atoms with Gasteiger partial charge >= 0.3 is 0 Å². The van der Waals surface area contributed by atoms with E-state index in [1.54, 1.807) is 0 Å². The van der Waals surface area contributed by atoms with Crippen LogP contribution in [0, 0.1) is 17.8 Å². The average Bonchev–Trinajstić information content (AvgIpc) is 3.32. The second kappa shape index (κ2) is 15.3. The first-order valence-electron chi connectivity index (χ1n) is 16.7. The van der Waals surface area contributed by atoms with E-state index in [1.165, 1.54) is 5.71 Å². The Labute approximate surface area is 261 Å². The molecule has 0 radical (unpaired) electrons. The molecule has 0 aromatic carbocycles. The second-order valence-electron chi connectivity index (χ2n) is 13.5. The van der Waals surface area contributed by atoms with E-state index in [0.29, 0.717) is 56.7 Å². The van der Waals surface area contributed by atoms with Crippen LogP contribution < -0.4 is 21.5 Å². The standard InChI is InChI=1S/C31H53ClN6O5/c1-18-36-37-31-24(17-29(42)34-14-13-33-28(41)12-4-19-3-11-26(39)27(40)15-19)35-30(20-5-7-21(32)8-6-20)23-16-22(43-2)9-10-25(23)38(18)31/h18-27,31,36-37,39-40H,3-17H2,1-2H3,(H,33,41)(H,34,42)/t18?,19?,20?,21?,22?,23?,24-,25?,26?,27?,31?/m0/s1. The molecule has 11 nitrogen and oxygen atoms in total. The minimum Gasteiger partial charge on any atom is -0.390 e. The maximum absolute atomic E-state index is 13.2. The lowest BCUT2D eigenvalue weighted by molar-refractivity contribution is -0.123. The molecule has 0 aromatic heterocycles. The van der Waals surface area contributed by atoms with Gasteiger partial charge in [0.25, 0.3) is 0 Å². The highest BCUT2D eigenvalue weighted by Crippen LogP contribution is 2.42. The summed E-state index contributed by atoms with van der Waals surface area (Å²) in [7, 11) is 1.81. The largest absolute Gasteiger partial charge is 0.390 e. The average molecular weight is 625 g/mol. The molecule has 4 fully saturated rings. The third-order valence-corrected chi connectivity index (χ3v) is 11.1. The summed E-state index contributed by atoms with van der Waals surface area (Å²) >= 11 is 6.49. The van der Waals surface area contributed by atoms with Crippen LogP contribution in [-0.4, -0.2) is 101 Å². The molecule has 2 aliphatic heterocycles. The van der Waals surface area contributed by atoms with Crippen molar-refractivity contribution >= 4 is 29.1 Å². The van der Waals surface area contributed by atoms with Crippen molar-refractivity contribution in [1.82, 2.24) is 26.4 Å². The summed E-state index contributed by atoms with van der Waals surface area (Å²) in [6.45, 7) is 2.90. The lowest BCUT2D eigenvalue weighted by Crippen LogP contribution is -2.55. The molecule has 2 heterocycles. The van der Waals surface area contributed by atoms with Crippen molar-refractivity contribution in [2.75, 3.05) is 20.2 Å². The number of alkyl halides is 1. The molecule has 0 spiro atoms. The molecule has 0 bridgehead atoms. The van der Waals surface area contributed by atoms with E-state index in [-0.39, 0.29) is 54.0 Å². The predicted molar refractivity (Wildman–Crippen MR) is 165 cm³/mol. The van der Waals surface area contributed by atoms with Gasteiger partial charge < -0.3 is 25.6 Å². The number of halogens is 1. The Balaban J connectivity index is 1.17. The fraction of sp³-hybridized carbons (Fsp3) is 0.903. The van der Waals surface area contributed by atoms with E-state index in [0.717, 1.165) is 51.4 Å². The maximum atomic E-state index is 13.2. The summed E-state index contributed by atoms with van der Waals surface area (Å²) in [5.41, 5.74) is 8.15. The summed E-state index contributed by atoms with van der Waals surface area (Å²) < 4.78 is 5.85. The number of aliphatic hydroxyl groups excluding tert-OH is 2. The molecule has 3 saturated carbocycles. The van der Waals surface area contributed by atoms with Gasteiger partial charge in [0.05, 0.1) is 43.1 Å². The van der Waals surface area contributed by atoms with E-state index in [1.807, 2.05) is 7.11 Å². The first-order valence-corrected chi connectivity index (χ1v) is 17.1. The first kappa shape index (κ1) is 33.0. The van der Waals surface area contributed by atoms with E-state index >= 15 is 0 Å². The molecule has 3 aliphatic carbocycles. The molecule has 12 heteroatoms. The van der Waals surface area contributed by atoms with Gasteiger partial charge in [0, 0.05) is 49.7 Å². The Kier molecular flexibility index (Phi) is 11.8. The lowest BCUT2D eigenvalue weighted by atomic mass is 9.72. The summed E-state index contributed by atoms with van der Waals surface area (Å²) in [5, 5.41) is 25.7. The molecular formula is C31H53ClN6O5. The number of rotatable bonds is 10. The van der Waals surface area contributed by atoms with Crippen molar-refractivity contribution < 1.29 is 24.5 Å². The molecule has 43 heavy (non-hydrogen) atoms. The zero-order chi connectivity index (χ0) is 30.5. The fourth-order valence-electron chi connectivity index (χ4n) is 8.23. The number of nitrogens with zero attached hydrogens (tertiary/aromatic N) is 2. The number of carbonyl (C=O) groups excluding carboxylic acids is 2. The lowest BCUT2D eigenvalue weighted by Gasteiger charge is -2.44. The second-order valence-corrected chi connectivity index (χ2v) is 14.1. The molecule has 0 aromatic rings. The van der Waals surface area contributed by atoms with Crippen molar-refractivity contribution in [3.63, 3.8) is 0 Å². The van der Waals surface area contributed by atoms with Crippen molar-refractivity contribution in [1.29, 1.82) is 0 Å².